The molecule has 6 atom stereocenters. The Kier molecular flexibility index (Phi) is 8.37. The molecule has 0 aromatic rings. The summed E-state index contributed by atoms with van der Waals surface area (Å²) in [5, 5.41) is 15.1. The molecule has 0 aromatic heterocycles. The lowest BCUT2D eigenvalue weighted by atomic mass is 9.70. The number of nitrogens with zero attached hydrogens (tertiary/aromatic N) is 1. The van der Waals surface area contributed by atoms with Crippen LogP contribution in [-0.4, -0.2) is 76.5 Å². The third-order valence-corrected chi connectivity index (χ3v) is 7.62. The molecule has 3 rings (SSSR count). The van der Waals surface area contributed by atoms with E-state index in [1.165, 1.54) is 0 Å². The monoisotopic (exact) mass is 501 g/mol. The molecule has 3 fully saturated rings. The van der Waals surface area contributed by atoms with Crippen molar-refractivity contribution < 1.29 is 24.2 Å². The number of unbranched alkanes of at least 4 members (excludes halogenated alkanes) is 3. The predicted octanol–water partition coefficient (Wildman–Crippen LogP) is 1.34. The third kappa shape index (κ3) is 4.50. The van der Waals surface area contributed by atoms with E-state index in [0.29, 0.717) is 38.9 Å². The van der Waals surface area contributed by atoms with Crippen molar-refractivity contribution in [1.82, 2.24) is 15.5 Å². The lowest BCUT2D eigenvalue weighted by molar-refractivity contribution is -0.142. The number of carbonyl (C=O) groups is 3. The van der Waals surface area contributed by atoms with Crippen LogP contribution in [0.5, 0.6) is 0 Å². The summed E-state index contributed by atoms with van der Waals surface area (Å²) >= 11 is 3.66. The molecular weight excluding hydrogens is 466 g/mol. The highest BCUT2D eigenvalue weighted by atomic mass is 79.9. The molecule has 3 aliphatic heterocycles. The number of carbonyl (C=O) groups excluding carboxylic acids is 3. The Bertz CT molecular complexity index is 678. The maximum Gasteiger partial charge on any atom is 0.245 e. The van der Waals surface area contributed by atoms with Gasteiger partial charge in [-0.1, -0.05) is 42.6 Å². The molecule has 0 saturated carbocycles. The summed E-state index contributed by atoms with van der Waals surface area (Å²) in [6.07, 6.45) is 5.03. The predicted molar refractivity (Wildman–Crippen MR) is 120 cm³/mol. The van der Waals surface area contributed by atoms with Crippen LogP contribution in [0.3, 0.4) is 0 Å². The number of aliphatic hydroxyl groups excluding tert-OH is 1. The SMILES string of the molecule is CCCCCNC(=O)C1N(CCCCO)C(=O)[C@@H]2[C@@H](C(=O)NCCC)[C@@H]3OC12CC3Br. The largest absolute Gasteiger partial charge is 0.396 e. The van der Waals surface area contributed by atoms with Crippen molar-refractivity contribution in [2.45, 2.75) is 81.4 Å². The minimum absolute atomic E-state index is 0.0363. The van der Waals surface area contributed by atoms with Gasteiger partial charge in [0.1, 0.15) is 11.6 Å². The number of rotatable bonds is 12. The van der Waals surface area contributed by atoms with Crippen LogP contribution in [-0.2, 0) is 19.1 Å². The van der Waals surface area contributed by atoms with Gasteiger partial charge in [0.25, 0.3) is 0 Å². The van der Waals surface area contributed by atoms with Crippen LogP contribution in [0, 0.1) is 11.8 Å². The van der Waals surface area contributed by atoms with Gasteiger partial charge in [0.2, 0.25) is 17.7 Å². The maximum atomic E-state index is 13.6. The third-order valence-electron chi connectivity index (χ3n) is 6.78. The van der Waals surface area contributed by atoms with Crippen molar-refractivity contribution in [1.29, 1.82) is 0 Å². The van der Waals surface area contributed by atoms with Crippen molar-refractivity contribution in [3.05, 3.63) is 0 Å². The van der Waals surface area contributed by atoms with Crippen LogP contribution < -0.4 is 10.6 Å². The molecule has 2 bridgehead atoms. The summed E-state index contributed by atoms with van der Waals surface area (Å²) in [5.41, 5.74) is -0.988. The Morgan fingerprint density at radius 1 is 1.13 bits per heavy atom. The van der Waals surface area contributed by atoms with E-state index in [2.05, 4.69) is 33.5 Å². The van der Waals surface area contributed by atoms with Gasteiger partial charge in [-0.05, 0) is 32.1 Å². The Morgan fingerprint density at radius 2 is 1.87 bits per heavy atom. The highest BCUT2D eigenvalue weighted by molar-refractivity contribution is 9.09. The maximum absolute atomic E-state index is 13.6. The Hall–Kier alpha value is -1.19. The van der Waals surface area contributed by atoms with E-state index >= 15 is 0 Å². The van der Waals surface area contributed by atoms with Gasteiger partial charge in [0.05, 0.1) is 17.9 Å². The molecular formula is C22H36BrN3O5. The quantitative estimate of drug-likeness (QED) is 0.276. The van der Waals surface area contributed by atoms with Crippen LogP contribution in [0.2, 0.25) is 0 Å². The summed E-state index contributed by atoms with van der Waals surface area (Å²) in [6, 6.07) is -0.751. The topological polar surface area (TPSA) is 108 Å². The Balaban J connectivity index is 1.87. The minimum atomic E-state index is -0.988. The van der Waals surface area contributed by atoms with Gasteiger partial charge in [0.15, 0.2) is 0 Å². The van der Waals surface area contributed by atoms with Gasteiger partial charge in [-0.25, -0.2) is 0 Å². The van der Waals surface area contributed by atoms with E-state index in [1.54, 1.807) is 4.90 Å². The highest BCUT2D eigenvalue weighted by Crippen LogP contribution is 2.59. The average molecular weight is 502 g/mol. The fourth-order valence-electron chi connectivity index (χ4n) is 5.41. The fraction of sp³-hybridized carbons (Fsp3) is 0.864. The number of ether oxygens (including phenoxy) is 1. The zero-order chi connectivity index (χ0) is 22.6. The van der Waals surface area contributed by atoms with Gasteiger partial charge >= 0.3 is 0 Å². The van der Waals surface area contributed by atoms with Crippen LogP contribution in [0.15, 0.2) is 0 Å². The number of alkyl halides is 1. The second-order valence-corrected chi connectivity index (χ2v) is 10.1. The summed E-state index contributed by atoms with van der Waals surface area (Å²) in [5.74, 6) is -1.80. The number of nitrogens with one attached hydrogen (secondary N) is 2. The molecule has 3 unspecified atom stereocenters. The smallest absolute Gasteiger partial charge is 0.245 e. The minimum Gasteiger partial charge on any atom is -0.396 e. The lowest BCUT2D eigenvalue weighted by Crippen LogP contribution is -2.56. The number of halogens is 1. The molecule has 3 saturated heterocycles. The van der Waals surface area contributed by atoms with E-state index in [9.17, 15) is 19.5 Å². The van der Waals surface area contributed by atoms with E-state index < -0.39 is 29.6 Å². The van der Waals surface area contributed by atoms with Gasteiger partial charge in [-0.2, -0.15) is 0 Å². The number of fused-ring (bicyclic) bond motifs is 1. The Labute approximate surface area is 193 Å². The van der Waals surface area contributed by atoms with Gasteiger partial charge in [-0.15, -0.1) is 0 Å². The summed E-state index contributed by atoms with van der Waals surface area (Å²) in [6.45, 7) is 5.60. The molecule has 3 N–H and O–H groups in total. The van der Waals surface area contributed by atoms with Gasteiger partial charge in [-0.3, -0.25) is 14.4 Å². The van der Waals surface area contributed by atoms with Gasteiger partial charge in [0, 0.05) is 31.1 Å². The molecule has 0 aliphatic carbocycles. The molecule has 8 nitrogen and oxygen atoms in total. The van der Waals surface area contributed by atoms with Crippen LogP contribution in [0.1, 0.15) is 58.8 Å². The van der Waals surface area contributed by atoms with Crippen molar-refractivity contribution >= 4 is 33.7 Å². The summed E-state index contributed by atoms with van der Waals surface area (Å²) < 4.78 is 6.40. The zero-order valence-electron chi connectivity index (χ0n) is 18.6. The van der Waals surface area contributed by atoms with Crippen LogP contribution in [0.25, 0.3) is 0 Å². The number of hydrogen-bond acceptors (Lipinski definition) is 5. The van der Waals surface area contributed by atoms with Crippen molar-refractivity contribution in [3.63, 3.8) is 0 Å². The summed E-state index contributed by atoms with van der Waals surface area (Å²) in [4.78, 5) is 41.4. The molecule has 1 spiro atoms. The van der Waals surface area contributed by atoms with Crippen LogP contribution in [0.4, 0.5) is 0 Å². The molecule has 0 aromatic carbocycles. The van der Waals surface area contributed by atoms with Crippen molar-refractivity contribution in [2.75, 3.05) is 26.2 Å². The van der Waals surface area contributed by atoms with E-state index in [0.717, 1.165) is 25.7 Å². The molecule has 31 heavy (non-hydrogen) atoms. The average Bonchev–Trinajstić information content (AvgIpc) is 3.33. The number of aliphatic hydroxyl groups is 1. The normalized spacial score (nSPS) is 33.6. The fourth-order valence-corrected chi connectivity index (χ4v) is 6.36. The molecule has 9 heteroatoms. The zero-order valence-corrected chi connectivity index (χ0v) is 20.2. The molecule has 176 valence electrons. The summed E-state index contributed by atoms with van der Waals surface area (Å²) in [7, 11) is 0. The van der Waals surface area contributed by atoms with E-state index in [4.69, 9.17) is 4.74 Å². The van der Waals surface area contributed by atoms with E-state index in [-0.39, 0.29) is 29.2 Å². The van der Waals surface area contributed by atoms with Gasteiger partial charge < -0.3 is 25.4 Å². The first-order chi connectivity index (χ1) is 14.9. The first-order valence-electron chi connectivity index (χ1n) is 11.7. The Morgan fingerprint density at radius 3 is 2.55 bits per heavy atom. The molecule has 0 radical (unpaired) electrons. The van der Waals surface area contributed by atoms with Crippen LogP contribution >= 0.6 is 15.9 Å². The van der Waals surface area contributed by atoms with E-state index in [1.807, 2.05) is 6.92 Å². The second-order valence-electron chi connectivity index (χ2n) is 8.92. The second kappa shape index (κ2) is 10.6. The molecule has 3 aliphatic rings. The molecule has 3 heterocycles. The first kappa shape index (κ1) is 24.5. The standard InChI is InChI=1S/C22H36BrN3O5/c1-3-5-6-10-25-20(29)18-22-13-14(23)17(31-22)15(19(28)24-9-4-2)16(22)21(30)26(18)11-7-8-12-27/h14-18,27H,3-13H2,1-2H3,(H,24,28)(H,25,29)/t14?,15-,16+,17-,18?,22?/m1/s1. The number of likely N-dealkylation sites (tertiary alicyclic amines) is 1. The molecule has 3 amide bonds. The number of amides is 3. The number of hydrogen-bond donors (Lipinski definition) is 3. The van der Waals surface area contributed by atoms with Crippen molar-refractivity contribution in [2.24, 2.45) is 11.8 Å². The first-order valence-corrected chi connectivity index (χ1v) is 12.6. The highest BCUT2D eigenvalue weighted by Gasteiger charge is 2.76. The van der Waals surface area contributed by atoms with Crippen molar-refractivity contribution in [3.8, 4) is 0 Å². The lowest BCUT2D eigenvalue weighted by Gasteiger charge is -2.34.